The zero-order valence-corrected chi connectivity index (χ0v) is 11.2. The molecule has 1 saturated carbocycles. The Morgan fingerprint density at radius 3 is 3.00 bits per heavy atom. The fourth-order valence-corrected chi connectivity index (χ4v) is 2.92. The predicted octanol–water partition coefficient (Wildman–Crippen LogP) is 2.05. The van der Waals surface area contributed by atoms with Crippen molar-refractivity contribution < 1.29 is 0 Å². The Hall–Kier alpha value is -2.35. The molecular formula is C15H15N5. The minimum Gasteiger partial charge on any atom is -0.349 e. The minimum absolute atomic E-state index is 0.637. The second-order valence-electron chi connectivity index (χ2n) is 5.43. The number of anilines is 1. The molecule has 0 aromatic carbocycles. The monoisotopic (exact) mass is 265 g/mol. The van der Waals surface area contributed by atoms with Crippen molar-refractivity contribution in [1.82, 2.24) is 14.5 Å². The van der Waals surface area contributed by atoms with Crippen LogP contribution in [0.15, 0.2) is 24.7 Å². The van der Waals surface area contributed by atoms with Gasteiger partial charge in [0.25, 0.3) is 0 Å². The van der Waals surface area contributed by atoms with Gasteiger partial charge in [0.05, 0.1) is 24.1 Å². The summed E-state index contributed by atoms with van der Waals surface area (Å²) >= 11 is 0. The van der Waals surface area contributed by atoms with Crippen LogP contribution >= 0.6 is 0 Å². The first kappa shape index (κ1) is 11.5. The van der Waals surface area contributed by atoms with Gasteiger partial charge in [-0.05, 0) is 25.0 Å². The summed E-state index contributed by atoms with van der Waals surface area (Å²) in [5.74, 6) is 0.779. The van der Waals surface area contributed by atoms with Crippen molar-refractivity contribution in [3.63, 3.8) is 0 Å². The van der Waals surface area contributed by atoms with Gasteiger partial charge >= 0.3 is 0 Å². The van der Waals surface area contributed by atoms with Gasteiger partial charge < -0.3 is 9.47 Å². The molecule has 0 radical (unpaired) electrons. The molecule has 1 aliphatic carbocycles. The Morgan fingerprint density at radius 2 is 2.20 bits per heavy atom. The highest BCUT2D eigenvalue weighted by atomic mass is 15.2. The Bertz CT molecular complexity index is 693. The van der Waals surface area contributed by atoms with Crippen molar-refractivity contribution in [1.29, 1.82) is 5.26 Å². The normalized spacial score (nSPS) is 17.6. The molecule has 0 bridgehead atoms. The highest BCUT2D eigenvalue weighted by molar-refractivity contribution is 5.54. The quantitative estimate of drug-likeness (QED) is 0.834. The highest BCUT2D eigenvalue weighted by Crippen LogP contribution is 2.37. The molecule has 2 aromatic rings. The van der Waals surface area contributed by atoms with E-state index in [1.165, 1.54) is 18.5 Å². The number of aromatic nitrogens is 3. The lowest BCUT2D eigenvalue weighted by molar-refractivity contribution is 0.637. The van der Waals surface area contributed by atoms with Crippen molar-refractivity contribution in [3.8, 4) is 6.07 Å². The summed E-state index contributed by atoms with van der Waals surface area (Å²) in [6, 6.07) is 6.53. The molecule has 0 N–H and O–H groups in total. The molecule has 2 aromatic heterocycles. The van der Waals surface area contributed by atoms with Crippen molar-refractivity contribution in [2.24, 2.45) is 0 Å². The van der Waals surface area contributed by atoms with E-state index in [9.17, 15) is 5.26 Å². The largest absolute Gasteiger partial charge is 0.349 e. The average molecular weight is 265 g/mol. The van der Waals surface area contributed by atoms with E-state index < -0.39 is 0 Å². The van der Waals surface area contributed by atoms with E-state index in [4.69, 9.17) is 0 Å². The Kier molecular flexibility index (Phi) is 2.49. The van der Waals surface area contributed by atoms with Crippen LogP contribution in [0.4, 0.5) is 5.82 Å². The summed E-state index contributed by atoms with van der Waals surface area (Å²) in [5.41, 5.74) is 3.15. The number of nitriles is 1. The predicted molar refractivity (Wildman–Crippen MR) is 74.2 cm³/mol. The maximum absolute atomic E-state index is 9.19. The first-order valence-electron chi connectivity index (χ1n) is 7.01. The van der Waals surface area contributed by atoms with Crippen LogP contribution in [-0.2, 0) is 13.0 Å². The second kappa shape index (κ2) is 4.34. The lowest BCUT2D eigenvalue weighted by atomic mass is 10.1. The number of pyridine rings is 1. The molecule has 2 aliphatic rings. The van der Waals surface area contributed by atoms with E-state index in [1.54, 1.807) is 12.3 Å². The summed E-state index contributed by atoms with van der Waals surface area (Å²) < 4.78 is 2.34. The van der Waals surface area contributed by atoms with Crippen LogP contribution < -0.4 is 4.90 Å². The van der Waals surface area contributed by atoms with Gasteiger partial charge in [-0.15, -0.1) is 0 Å². The zero-order chi connectivity index (χ0) is 13.5. The van der Waals surface area contributed by atoms with Crippen LogP contribution in [0.3, 0.4) is 0 Å². The molecule has 20 heavy (non-hydrogen) atoms. The van der Waals surface area contributed by atoms with Gasteiger partial charge in [0, 0.05) is 30.9 Å². The minimum atomic E-state index is 0.637. The van der Waals surface area contributed by atoms with E-state index in [-0.39, 0.29) is 0 Å². The van der Waals surface area contributed by atoms with Gasteiger partial charge in [-0.3, -0.25) is 0 Å². The number of imidazole rings is 1. The first-order valence-corrected chi connectivity index (χ1v) is 7.01. The third kappa shape index (κ3) is 1.76. The van der Waals surface area contributed by atoms with Crippen LogP contribution in [0.25, 0.3) is 0 Å². The van der Waals surface area contributed by atoms with E-state index in [0.717, 1.165) is 31.0 Å². The van der Waals surface area contributed by atoms with Crippen molar-refractivity contribution in [3.05, 3.63) is 41.6 Å². The summed E-state index contributed by atoms with van der Waals surface area (Å²) in [6.45, 7) is 1.65. The van der Waals surface area contributed by atoms with E-state index in [1.807, 2.05) is 12.4 Å². The van der Waals surface area contributed by atoms with Crippen molar-refractivity contribution >= 4 is 5.82 Å². The maximum atomic E-state index is 9.19. The number of rotatable bonds is 2. The molecule has 5 nitrogen and oxygen atoms in total. The molecule has 0 amide bonds. The molecule has 0 unspecified atom stereocenters. The second-order valence-corrected chi connectivity index (χ2v) is 5.43. The Labute approximate surface area is 117 Å². The van der Waals surface area contributed by atoms with Crippen molar-refractivity contribution in [2.45, 2.75) is 31.8 Å². The molecule has 5 heteroatoms. The van der Waals surface area contributed by atoms with Crippen LogP contribution in [0, 0.1) is 11.3 Å². The van der Waals surface area contributed by atoms with Gasteiger partial charge in [0.1, 0.15) is 11.9 Å². The van der Waals surface area contributed by atoms with Gasteiger partial charge in [-0.2, -0.15) is 5.26 Å². The molecule has 100 valence electrons. The summed E-state index contributed by atoms with van der Waals surface area (Å²) in [7, 11) is 0. The van der Waals surface area contributed by atoms with E-state index >= 15 is 0 Å². The van der Waals surface area contributed by atoms with Gasteiger partial charge in [-0.25, -0.2) is 9.97 Å². The molecule has 0 saturated heterocycles. The van der Waals surface area contributed by atoms with Gasteiger partial charge in [0.15, 0.2) is 0 Å². The first-order chi connectivity index (χ1) is 9.86. The summed E-state index contributed by atoms with van der Waals surface area (Å²) in [4.78, 5) is 11.1. The van der Waals surface area contributed by atoms with Crippen LogP contribution in [0.5, 0.6) is 0 Å². The lowest BCUT2D eigenvalue weighted by Gasteiger charge is -2.28. The zero-order valence-electron chi connectivity index (χ0n) is 11.2. The molecule has 0 spiro atoms. The smallest absolute Gasteiger partial charge is 0.146 e. The Morgan fingerprint density at radius 1 is 1.30 bits per heavy atom. The number of fused-ring (bicyclic) bond motifs is 1. The Balaban J connectivity index is 1.65. The third-order valence-electron chi connectivity index (χ3n) is 4.09. The highest BCUT2D eigenvalue weighted by Gasteiger charge is 2.30. The SMILES string of the molecule is N#Cc1cccnc1N1CCc2c(ncn2C2CC2)C1. The summed E-state index contributed by atoms with van der Waals surface area (Å²) in [5, 5.41) is 9.19. The maximum Gasteiger partial charge on any atom is 0.146 e. The number of hydrogen-bond acceptors (Lipinski definition) is 4. The van der Waals surface area contributed by atoms with Crippen molar-refractivity contribution in [2.75, 3.05) is 11.4 Å². The van der Waals surface area contributed by atoms with E-state index in [0.29, 0.717) is 11.6 Å². The van der Waals surface area contributed by atoms with Crippen LogP contribution in [0.1, 0.15) is 35.8 Å². The molecule has 1 fully saturated rings. The van der Waals surface area contributed by atoms with Crippen LogP contribution in [-0.4, -0.2) is 21.1 Å². The molecule has 0 atom stereocenters. The average Bonchev–Trinajstić information content (AvgIpc) is 3.26. The standard InChI is InChI=1S/C15H15N5/c16-8-11-2-1-6-17-15(11)19-7-5-14-13(9-19)18-10-20(14)12-3-4-12/h1-2,6,10,12H,3-5,7,9H2. The van der Waals surface area contributed by atoms with Gasteiger partial charge in [0.2, 0.25) is 0 Å². The summed E-state index contributed by atoms with van der Waals surface area (Å²) in [6.07, 6.45) is 7.27. The number of nitrogens with zero attached hydrogens (tertiary/aromatic N) is 5. The lowest BCUT2D eigenvalue weighted by Crippen LogP contribution is -2.32. The molecule has 4 rings (SSSR count). The molecule has 3 heterocycles. The topological polar surface area (TPSA) is 57.7 Å². The van der Waals surface area contributed by atoms with Gasteiger partial charge in [-0.1, -0.05) is 0 Å². The molecular weight excluding hydrogens is 250 g/mol. The molecule has 1 aliphatic heterocycles. The van der Waals surface area contributed by atoms with E-state index in [2.05, 4.69) is 25.5 Å². The third-order valence-corrected chi connectivity index (χ3v) is 4.09. The van der Waals surface area contributed by atoms with Crippen LogP contribution in [0.2, 0.25) is 0 Å². The number of hydrogen-bond donors (Lipinski definition) is 0. The fraction of sp³-hybridized carbons (Fsp3) is 0.400. The fourth-order valence-electron chi connectivity index (χ4n) is 2.92.